The van der Waals surface area contributed by atoms with Crippen LogP contribution >= 0.6 is 0 Å². The second-order valence-corrected chi connectivity index (χ2v) is 8.42. The maximum absolute atomic E-state index is 12.3. The van der Waals surface area contributed by atoms with Crippen LogP contribution in [0.15, 0.2) is 48.8 Å². The molecule has 4 nitrogen and oxygen atoms in total. The number of piperidine rings is 1. The molecule has 0 radical (unpaired) electrons. The van der Waals surface area contributed by atoms with Crippen molar-refractivity contribution in [2.45, 2.75) is 58.5 Å². The van der Waals surface area contributed by atoms with Gasteiger partial charge in [0.25, 0.3) is 0 Å². The van der Waals surface area contributed by atoms with Gasteiger partial charge in [-0.3, -0.25) is 14.7 Å². The summed E-state index contributed by atoms with van der Waals surface area (Å²) in [6.07, 6.45) is 8.22. The topological polar surface area (TPSA) is 45.2 Å². The summed E-state index contributed by atoms with van der Waals surface area (Å²) in [6, 6.07) is 13.2. The number of pyridine rings is 1. The van der Waals surface area contributed by atoms with Crippen molar-refractivity contribution in [3.63, 3.8) is 0 Å². The molecule has 0 saturated carbocycles. The number of hydrogen-bond acceptors (Lipinski definition) is 3. The van der Waals surface area contributed by atoms with E-state index in [4.69, 9.17) is 0 Å². The Hall–Kier alpha value is -2.20. The molecule has 150 valence electrons. The van der Waals surface area contributed by atoms with Gasteiger partial charge in [0.15, 0.2) is 0 Å². The lowest BCUT2D eigenvalue weighted by atomic mass is 10.0. The number of carbonyl (C=O) groups is 1. The standard InChI is InChI=1S/C24H33N3O/c1-19(2)15-20-7-9-22(10-8-20)17-27-14-4-6-23(18-27)26-24(28)12-11-21-5-3-13-25-16-21/h3,5,7-10,13,16,19,23H,4,6,11-12,14-15,17-18H2,1-2H3,(H,26,28)/t23-/m1/s1. The molecule has 1 N–H and O–H groups in total. The van der Waals surface area contributed by atoms with E-state index >= 15 is 0 Å². The molecule has 1 fully saturated rings. The first kappa shape index (κ1) is 20.5. The van der Waals surface area contributed by atoms with Crippen molar-refractivity contribution in [2.24, 2.45) is 5.92 Å². The molecule has 0 aliphatic carbocycles. The lowest BCUT2D eigenvalue weighted by Gasteiger charge is -2.33. The van der Waals surface area contributed by atoms with E-state index < -0.39 is 0 Å². The molecule has 0 spiro atoms. The number of likely N-dealkylation sites (tertiary alicyclic amines) is 1. The van der Waals surface area contributed by atoms with Gasteiger partial charge >= 0.3 is 0 Å². The second kappa shape index (κ2) is 10.4. The fraction of sp³-hybridized carbons (Fsp3) is 0.500. The van der Waals surface area contributed by atoms with Crippen LogP contribution in [0, 0.1) is 5.92 Å². The first-order valence-corrected chi connectivity index (χ1v) is 10.6. The number of carbonyl (C=O) groups excluding carboxylic acids is 1. The van der Waals surface area contributed by atoms with Gasteiger partial charge in [-0.2, -0.15) is 0 Å². The first-order valence-electron chi connectivity index (χ1n) is 10.6. The number of aryl methyl sites for hydroxylation is 1. The predicted octanol–water partition coefficient (Wildman–Crippen LogP) is 3.99. The predicted molar refractivity (Wildman–Crippen MR) is 114 cm³/mol. The van der Waals surface area contributed by atoms with Crippen LogP contribution in [0.1, 0.15) is 49.8 Å². The van der Waals surface area contributed by atoms with Gasteiger partial charge in [0, 0.05) is 37.9 Å². The summed E-state index contributed by atoms with van der Waals surface area (Å²) < 4.78 is 0. The minimum Gasteiger partial charge on any atom is -0.352 e. The minimum absolute atomic E-state index is 0.147. The molecule has 1 atom stereocenters. The molecule has 1 saturated heterocycles. The Morgan fingerprint density at radius 2 is 1.96 bits per heavy atom. The van der Waals surface area contributed by atoms with Crippen molar-refractivity contribution >= 4 is 5.91 Å². The Kier molecular flexibility index (Phi) is 7.61. The fourth-order valence-electron chi connectivity index (χ4n) is 3.93. The van der Waals surface area contributed by atoms with Crippen LogP contribution in [-0.2, 0) is 24.2 Å². The van der Waals surface area contributed by atoms with E-state index in [9.17, 15) is 4.79 Å². The molecule has 1 aromatic carbocycles. The fourth-order valence-corrected chi connectivity index (χ4v) is 3.93. The highest BCUT2D eigenvalue weighted by Crippen LogP contribution is 2.16. The van der Waals surface area contributed by atoms with Crippen LogP contribution < -0.4 is 5.32 Å². The largest absolute Gasteiger partial charge is 0.352 e. The van der Waals surface area contributed by atoms with E-state index in [1.807, 2.05) is 18.3 Å². The van der Waals surface area contributed by atoms with Crippen LogP contribution in [0.4, 0.5) is 0 Å². The lowest BCUT2D eigenvalue weighted by Crippen LogP contribution is -2.47. The normalized spacial score (nSPS) is 17.6. The summed E-state index contributed by atoms with van der Waals surface area (Å²) in [4.78, 5) is 18.9. The van der Waals surface area contributed by atoms with E-state index in [0.29, 0.717) is 12.3 Å². The van der Waals surface area contributed by atoms with E-state index in [-0.39, 0.29) is 11.9 Å². The van der Waals surface area contributed by atoms with Crippen LogP contribution in [0.5, 0.6) is 0 Å². The second-order valence-electron chi connectivity index (χ2n) is 8.42. The third kappa shape index (κ3) is 6.75. The number of nitrogens with one attached hydrogen (secondary N) is 1. The highest BCUT2D eigenvalue weighted by Gasteiger charge is 2.21. The Balaban J connectivity index is 1.44. The number of amides is 1. The summed E-state index contributed by atoms with van der Waals surface area (Å²) in [5, 5.41) is 3.23. The van der Waals surface area contributed by atoms with E-state index in [1.165, 1.54) is 11.1 Å². The van der Waals surface area contributed by atoms with E-state index in [0.717, 1.165) is 50.9 Å². The number of benzene rings is 1. The maximum Gasteiger partial charge on any atom is 0.220 e. The molecule has 0 bridgehead atoms. The lowest BCUT2D eigenvalue weighted by molar-refractivity contribution is -0.122. The highest BCUT2D eigenvalue weighted by molar-refractivity contribution is 5.76. The van der Waals surface area contributed by atoms with Crippen LogP contribution in [0.25, 0.3) is 0 Å². The summed E-state index contributed by atoms with van der Waals surface area (Å²) in [7, 11) is 0. The van der Waals surface area contributed by atoms with E-state index in [1.54, 1.807) is 6.20 Å². The molecule has 1 aliphatic rings. The molecular weight excluding hydrogens is 346 g/mol. The first-order chi connectivity index (χ1) is 13.6. The zero-order chi connectivity index (χ0) is 19.8. The van der Waals surface area contributed by atoms with Crippen molar-refractivity contribution in [3.8, 4) is 0 Å². The smallest absolute Gasteiger partial charge is 0.220 e. The van der Waals surface area contributed by atoms with Gasteiger partial charge in [0.1, 0.15) is 0 Å². The van der Waals surface area contributed by atoms with Crippen molar-refractivity contribution < 1.29 is 4.79 Å². The van der Waals surface area contributed by atoms with Crippen molar-refractivity contribution in [2.75, 3.05) is 13.1 Å². The number of hydrogen-bond donors (Lipinski definition) is 1. The number of aromatic nitrogens is 1. The molecule has 2 aromatic rings. The molecule has 1 aliphatic heterocycles. The van der Waals surface area contributed by atoms with Gasteiger partial charge in [0.05, 0.1) is 0 Å². The van der Waals surface area contributed by atoms with Crippen molar-refractivity contribution in [3.05, 3.63) is 65.5 Å². The Bertz CT molecular complexity index is 727. The van der Waals surface area contributed by atoms with Crippen LogP contribution in [-0.4, -0.2) is 34.9 Å². The summed E-state index contributed by atoms with van der Waals surface area (Å²) >= 11 is 0. The molecule has 4 heteroatoms. The molecular formula is C24H33N3O. The van der Waals surface area contributed by atoms with Crippen molar-refractivity contribution in [1.82, 2.24) is 15.2 Å². The molecule has 2 heterocycles. The quantitative estimate of drug-likeness (QED) is 0.754. The van der Waals surface area contributed by atoms with Gasteiger partial charge in [-0.15, -0.1) is 0 Å². The monoisotopic (exact) mass is 379 g/mol. The highest BCUT2D eigenvalue weighted by atomic mass is 16.1. The van der Waals surface area contributed by atoms with Gasteiger partial charge in [-0.25, -0.2) is 0 Å². The van der Waals surface area contributed by atoms with Gasteiger partial charge in [0.2, 0.25) is 5.91 Å². The van der Waals surface area contributed by atoms with Crippen molar-refractivity contribution in [1.29, 1.82) is 0 Å². The molecule has 0 unspecified atom stereocenters. The summed E-state index contributed by atoms with van der Waals surface area (Å²) in [5.41, 5.74) is 3.89. The Morgan fingerprint density at radius 1 is 1.18 bits per heavy atom. The number of rotatable bonds is 8. The van der Waals surface area contributed by atoms with E-state index in [2.05, 4.69) is 53.3 Å². The van der Waals surface area contributed by atoms with Gasteiger partial charge in [-0.05, 0) is 60.9 Å². The molecule has 28 heavy (non-hydrogen) atoms. The minimum atomic E-state index is 0.147. The zero-order valence-corrected chi connectivity index (χ0v) is 17.2. The summed E-state index contributed by atoms with van der Waals surface area (Å²) in [5.74, 6) is 0.837. The maximum atomic E-state index is 12.3. The third-order valence-corrected chi connectivity index (χ3v) is 5.31. The Morgan fingerprint density at radius 3 is 2.68 bits per heavy atom. The average Bonchev–Trinajstić information content (AvgIpc) is 2.69. The Labute approximate surface area is 169 Å². The van der Waals surface area contributed by atoms with Gasteiger partial charge < -0.3 is 5.32 Å². The van der Waals surface area contributed by atoms with Crippen LogP contribution in [0.2, 0.25) is 0 Å². The molecule has 1 amide bonds. The summed E-state index contributed by atoms with van der Waals surface area (Å²) in [6.45, 7) is 7.52. The molecule has 3 rings (SSSR count). The zero-order valence-electron chi connectivity index (χ0n) is 17.2. The average molecular weight is 380 g/mol. The van der Waals surface area contributed by atoms with Gasteiger partial charge in [-0.1, -0.05) is 44.2 Å². The van der Waals surface area contributed by atoms with Crippen LogP contribution in [0.3, 0.4) is 0 Å². The third-order valence-electron chi connectivity index (χ3n) is 5.31. The molecule has 1 aromatic heterocycles. The number of nitrogens with zero attached hydrogens (tertiary/aromatic N) is 2. The SMILES string of the molecule is CC(C)Cc1ccc(CN2CCC[C@@H](NC(=O)CCc3cccnc3)C2)cc1.